The lowest BCUT2D eigenvalue weighted by Crippen LogP contribution is -2.64. The van der Waals surface area contributed by atoms with E-state index in [0.717, 1.165) is 17.0 Å². The Kier molecular flexibility index (Phi) is 7.12. The van der Waals surface area contributed by atoms with Gasteiger partial charge in [0, 0.05) is 19.2 Å². The van der Waals surface area contributed by atoms with Crippen LogP contribution in [0.4, 0.5) is 0 Å². The van der Waals surface area contributed by atoms with Gasteiger partial charge < -0.3 is 26.0 Å². The molecule has 168 valence electrons. The Bertz CT molecular complexity index is 834. The Hall–Kier alpha value is -3.13. The van der Waals surface area contributed by atoms with Crippen LogP contribution >= 0.6 is 11.9 Å². The molecular weight excluding hydrogens is 432 g/mol. The SMILES string of the molecule is O=C[C@H](CC(=O)O)NC(=O)[C@@H]1CCCN2C(=O)CC[C@H](NC(=O)C3=CNNS3)C(=O)N12. The molecular formula is C17H22N6O7S. The highest BCUT2D eigenvalue weighted by molar-refractivity contribution is 8.02. The van der Waals surface area contributed by atoms with Crippen LogP contribution in [-0.4, -0.2) is 75.7 Å². The summed E-state index contributed by atoms with van der Waals surface area (Å²) >= 11 is 1.03. The third-order valence-corrected chi connectivity index (χ3v) is 5.75. The van der Waals surface area contributed by atoms with Gasteiger partial charge in [0.15, 0.2) is 0 Å². The molecule has 0 aromatic carbocycles. The van der Waals surface area contributed by atoms with Gasteiger partial charge in [0.25, 0.3) is 11.8 Å². The lowest BCUT2D eigenvalue weighted by Gasteiger charge is -2.43. The summed E-state index contributed by atoms with van der Waals surface area (Å²) in [4.78, 5) is 76.0. The number of hydrazine groups is 2. The average molecular weight is 454 g/mol. The summed E-state index contributed by atoms with van der Waals surface area (Å²) in [5.41, 5.74) is 2.63. The van der Waals surface area contributed by atoms with Crippen LogP contribution in [0.5, 0.6) is 0 Å². The molecule has 5 N–H and O–H groups in total. The normalized spacial score (nSPS) is 24.3. The fourth-order valence-electron chi connectivity index (χ4n) is 3.56. The Morgan fingerprint density at radius 2 is 2.10 bits per heavy atom. The van der Waals surface area contributed by atoms with E-state index < -0.39 is 48.2 Å². The Morgan fingerprint density at radius 3 is 2.74 bits per heavy atom. The van der Waals surface area contributed by atoms with Gasteiger partial charge >= 0.3 is 5.97 Å². The number of rotatable bonds is 7. The van der Waals surface area contributed by atoms with Crippen molar-refractivity contribution in [1.82, 2.24) is 30.9 Å². The number of carboxylic acid groups (broad SMARTS) is 1. The van der Waals surface area contributed by atoms with Crippen molar-refractivity contribution in [1.29, 1.82) is 0 Å². The van der Waals surface area contributed by atoms with Crippen LogP contribution in [0.2, 0.25) is 0 Å². The van der Waals surface area contributed by atoms with Crippen molar-refractivity contribution in [2.45, 2.75) is 50.2 Å². The number of carbonyl (C=O) groups is 6. The summed E-state index contributed by atoms with van der Waals surface area (Å²) in [5.74, 6) is -3.50. The molecule has 13 nitrogen and oxygen atoms in total. The quantitative estimate of drug-likeness (QED) is 0.209. The Balaban J connectivity index is 1.78. The minimum absolute atomic E-state index is 0.000192. The van der Waals surface area contributed by atoms with Gasteiger partial charge in [0.2, 0.25) is 11.8 Å². The molecule has 0 aromatic rings. The van der Waals surface area contributed by atoms with Crippen molar-refractivity contribution in [3.63, 3.8) is 0 Å². The van der Waals surface area contributed by atoms with E-state index >= 15 is 0 Å². The standard InChI is InChI=1S/C17H22N6O7S/c24-8-9(6-14(26)27)19-15(28)11-2-1-5-22-13(25)4-3-10(17(30)23(11)22)20-16(29)12-7-18-21-31-12/h7-11,18,21H,1-6H2,(H,19,28)(H,20,29)(H,26,27)/t9-,10-,11-/m0/s1. The number of carboxylic acids is 1. The minimum Gasteiger partial charge on any atom is -0.481 e. The molecule has 0 spiro atoms. The number of fused-ring (bicyclic) bond motifs is 1. The maximum Gasteiger partial charge on any atom is 0.305 e. The van der Waals surface area contributed by atoms with E-state index in [-0.39, 0.29) is 31.7 Å². The molecule has 0 aromatic heterocycles. The van der Waals surface area contributed by atoms with Crippen LogP contribution in [0, 0.1) is 0 Å². The summed E-state index contributed by atoms with van der Waals surface area (Å²) in [6.07, 6.45) is 1.86. The van der Waals surface area contributed by atoms with Gasteiger partial charge in [0.1, 0.15) is 23.3 Å². The summed E-state index contributed by atoms with van der Waals surface area (Å²) in [6, 6.07) is -3.40. The Labute approximate surface area is 181 Å². The molecule has 4 amide bonds. The number of amides is 4. The van der Waals surface area contributed by atoms with Crippen LogP contribution in [-0.2, 0) is 28.8 Å². The fourth-order valence-corrected chi connectivity index (χ4v) is 4.05. The van der Waals surface area contributed by atoms with Crippen molar-refractivity contribution in [3.05, 3.63) is 11.1 Å². The van der Waals surface area contributed by atoms with E-state index in [9.17, 15) is 28.8 Å². The van der Waals surface area contributed by atoms with E-state index in [1.165, 1.54) is 11.2 Å². The molecule has 0 saturated carbocycles. The van der Waals surface area contributed by atoms with Crippen molar-refractivity contribution < 1.29 is 33.9 Å². The topological polar surface area (TPSA) is 177 Å². The molecule has 0 radical (unpaired) electrons. The molecule has 2 saturated heterocycles. The molecule has 0 aliphatic carbocycles. The molecule has 3 heterocycles. The molecule has 2 fully saturated rings. The highest BCUT2D eigenvalue weighted by atomic mass is 32.2. The lowest BCUT2D eigenvalue weighted by molar-refractivity contribution is -0.176. The second-order valence-corrected chi connectivity index (χ2v) is 7.98. The van der Waals surface area contributed by atoms with Crippen LogP contribution < -0.4 is 20.9 Å². The molecule has 14 heteroatoms. The lowest BCUT2D eigenvalue weighted by atomic mass is 10.0. The van der Waals surface area contributed by atoms with Gasteiger partial charge in [-0.2, -0.15) is 4.83 Å². The van der Waals surface area contributed by atoms with E-state index in [0.29, 0.717) is 17.6 Å². The first-order valence-corrected chi connectivity index (χ1v) is 10.4. The van der Waals surface area contributed by atoms with Crippen LogP contribution in [0.25, 0.3) is 0 Å². The van der Waals surface area contributed by atoms with Gasteiger partial charge in [-0.15, -0.1) is 0 Å². The molecule has 0 bridgehead atoms. The first kappa shape index (κ1) is 22.6. The average Bonchev–Trinajstić information content (AvgIpc) is 3.25. The largest absolute Gasteiger partial charge is 0.481 e. The second-order valence-electron chi connectivity index (χ2n) is 7.13. The van der Waals surface area contributed by atoms with E-state index in [4.69, 9.17) is 5.11 Å². The van der Waals surface area contributed by atoms with Gasteiger partial charge in [-0.3, -0.25) is 29.0 Å². The zero-order chi connectivity index (χ0) is 22.5. The number of hydrogen-bond acceptors (Lipinski definition) is 9. The third kappa shape index (κ3) is 5.14. The van der Waals surface area contributed by atoms with Crippen molar-refractivity contribution >= 4 is 47.8 Å². The summed E-state index contributed by atoms with van der Waals surface area (Å²) in [6.45, 7) is 0.232. The molecule has 31 heavy (non-hydrogen) atoms. The van der Waals surface area contributed by atoms with Gasteiger partial charge in [-0.1, -0.05) is 0 Å². The van der Waals surface area contributed by atoms with Crippen molar-refractivity contribution in [2.75, 3.05) is 6.54 Å². The maximum absolute atomic E-state index is 13.2. The number of nitrogens with zero attached hydrogens (tertiary/aromatic N) is 2. The van der Waals surface area contributed by atoms with E-state index in [2.05, 4.69) is 20.9 Å². The first-order valence-electron chi connectivity index (χ1n) is 9.61. The van der Waals surface area contributed by atoms with Crippen molar-refractivity contribution in [3.8, 4) is 0 Å². The second kappa shape index (κ2) is 9.78. The number of nitrogens with one attached hydrogen (secondary N) is 4. The van der Waals surface area contributed by atoms with Crippen LogP contribution in [0.15, 0.2) is 11.1 Å². The summed E-state index contributed by atoms with van der Waals surface area (Å²) in [7, 11) is 0. The van der Waals surface area contributed by atoms with Gasteiger partial charge in [0.05, 0.1) is 12.5 Å². The van der Waals surface area contributed by atoms with Gasteiger partial charge in [-0.25, -0.2) is 5.01 Å². The van der Waals surface area contributed by atoms with E-state index in [1.807, 2.05) is 0 Å². The summed E-state index contributed by atoms with van der Waals surface area (Å²) < 4.78 is 0. The zero-order valence-electron chi connectivity index (χ0n) is 16.3. The predicted molar refractivity (Wildman–Crippen MR) is 105 cm³/mol. The smallest absolute Gasteiger partial charge is 0.305 e. The molecule has 0 unspecified atom stereocenters. The molecule has 3 aliphatic heterocycles. The highest BCUT2D eigenvalue weighted by Crippen LogP contribution is 2.25. The number of carbonyl (C=O) groups excluding carboxylic acids is 5. The van der Waals surface area contributed by atoms with Crippen molar-refractivity contribution in [2.24, 2.45) is 0 Å². The highest BCUT2D eigenvalue weighted by Gasteiger charge is 2.45. The first-order chi connectivity index (χ1) is 14.8. The Morgan fingerprint density at radius 1 is 1.32 bits per heavy atom. The fraction of sp³-hybridized carbons (Fsp3) is 0.529. The number of aldehydes is 1. The summed E-state index contributed by atoms with van der Waals surface area (Å²) in [5, 5.41) is 16.0. The zero-order valence-corrected chi connectivity index (χ0v) is 17.1. The number of aliphatic carboxylic acids is 1. The van der Waals surface area contributed by atoms with E-state index in [1.54, 1.807) is 0 Å². The predicted octanol–water partition coefficient (Wildman–Crippen LogP) is -2.24. The number of hydrogen-bond donors (Lipinski definition) is 5. The molecule has 3 aliphatic rings. The van der Waals surface area contributed by atoms with Gasteiger partial charge in [-0.05, 0) is 31.2 Å². The maximum atomic E-state index is 13.2. The van der Waals surface area contributed by atoms with Crippen LogP contribution in [0.1, 0.15) is 32.1 Å². The monoisotopic (exact) mass is 454 g/mol. The third-order valence-electron chi connectivity index (χ3n) is 5.00. The molecule has 3 atom stereocenters. The van der Waals surface area contributed by atoms with Crippen LogP contribution in [0.3, 0.4) is 0 Å². The minimum atomic E-state index is -1.27. The molecule has 3 rings (SSSR count).